The molecule has 10 rings (SSSR count). The largest absolute Gasteiger partial charge is 0.455 e. The first-order chi connectivity index (χ1) is 26.8. The quantitative estimate of drug-likeness (QED) is 0.166. The van der Waals surface area contributed by atoms with Gasteiger partial charge in [-0.1, -0.05) is 164 Å². The maximum Gasteiger partial charge on any atom is 0.143 e. The molecule has 0 spiro atoms. The molecule has 1 heterocycles. The summed E-state index contributed by atoms with van der Waals surface area (Å²) in [5.41, 5.74) is 14.4. The van der Waals surface area contributed by atoms with Crippen LogP contribution in [0.5, 0.6) is 0 Å². The molecule has 0 atom stereocenters. The highest BCUT2D eigenvalue weighted by atomic mass is 16.3. The number of anilines is 3. The van der Waals surface area contributed by atoms with Gasteiger partial charge in [0, 0.05) is 33.1 Å². The predicted octanol–water partition coefficient (Wildman–Crippen LogP) is 14.9. The molecule has 54 heavy (non-hydrogen) atoms. The average Bonchev–Trinajstić information content (AvgIpc) is 3.65. The Hall–Kier alpha value is -7.16. The van der Waals surface area contributed by atoms with Crippen molar-refractivity contribution in [1.82, 2.24) is 0 Å². The van der Waals surface area contributed by atoms with Crippen LogP contribution in [0.25, 0.3) is 77.2 Å². The molecular formula is C52H35NO. The number of rotatable bonds is 7. The Labute approximate surface area is 314 Å². The Morgan fingerprint density at radius 1 is 0.333 bits per heavy atom. The molecule has 0 unspecified atom stereocenters. The first-order valence-electron chi connectivity index (χ1n) is 18.4. The normalized spacial score (nSPS) is 11.3. The van der Waals surface area contributed by atoms with Crippen LogP contribution in [0, 0.1) is 0 Å². The summed E-state index contributed by atoms with van der Waals surface area (Å²) in [6, 6.07) is 75.9. The van der Waals surface area contributed by atoms with Gasteiger partial charge in [-0.05, 0) is 92.9 Å². The van der Waals surface area contributed by atoms with E-state index in [2.05, 4.69) is 217 Å². The summed E-state index contributed by atoms with van der Waals surface area (Å²) < 4.78 is 6.71. The molecule has 2 heteroatoms. The minimum absolute atomic E-state index is 0.876. The summed E-state index contributed by atoms with van der Waals surface area (Å²) in [5.74, 6) is 0. The van der Waals surface area contributed by atoms with Crippen molar-refractivity contribution < 1.29 is 4.42 Å². The fourth-order valence-electron chi connectivity index (χ4n) is 7.83. The number of hydrogen-bond acceptors (Lipinski definition) is 2. The summed E-state index contributed by atoms with van der Waals surface area (Å²) in [4.78, 5) is 2.39. The van der Waals surface area contributed by atoms with Crippen molar-refractivity contribution in [2.75, 3.05) is 4.90 Å². The predicted molar refractivity (Wildman–Crippen MR) is 228 cm³/mol. The zero-order valence-electron chi connectivity index (χ0n) is 29.6. The Morgan fingerprint density at radius 3 is 1.46 bits per heavy atom. The van der Waals surface area contributed by atoms with E-state index in [0.717, 1.165) is 61.1 Å². The molecule has 10 aromatic rings. The molecule has 9 aromatic carbocycles. The Bertz CT molecular complexity index is 2810. The molecule has 0 aliphatic rings. The van der Waals surface area contributed by atoms with Crippen LogP contribution in [0.4, 0.5) is 17.1 Å². The summed E-state index contributed by atoms with van der Waals surface area (Å²) in [6.45, 7) is 0. The van der Waals surface area contributed by atoms with E-state index in [4.69, 9.17) is 4.42 Å². The fourth-order valence-corrected chi connectivity index (χ4v) is 7.83. The maximum absolute atomic E-state index is 6.71. The molecule has 0 saturated carbocycles. The van der Waals surface area contributed by atoms with Crippen molar-refractivity contribution in [1.29, 1.82) is 0 Å². The second-order valence-electron chi connectivity index (χ2n) is 13.7. The Morgan fingerprint density at radius 2 is 0.852 bits per heavy atom. The summed E-state index contributed by atoms with van der Waals surface area (Å²) in [5, 5.41) is 4.51. The SMILES string of the molecule is c1ccc(-c2ccc(N(c3ccc(-c4ccccc4)cc3)c3ccc(-c4ccccc4)cc3-c3cccc4oc5c6ccccc6ccc5c34)cc2)cc1. The van der Waals surface area contributed by atoms with Crippen LogP contribution in [0.1, 0.15) is 0 Å². The van der Waals surface area contributed by atoms with Crippen LogP contribution in [-0.2, 0) is 0 Å². The molecule has 1 aromatic heterocycles. The third-order valence-corrected chi connectivity index (χ3v) is 10.5. The maximum atomic E-state index is 6.71. The molecule has 2 nitrogen and oxygen atoms in total. The number of hydrogen-bond donors (Lipinski definition) is 0. The van der Waals surface area contributed by atoms with Crippen molar-refractivity contribution in [2.45, 2.75) is 0 Å². The molecule has 0 saturated heterocycles. The lowest BCUT2D eigenvalue weighted by atomic mass is 9.93. The molecule has 0 amide bonds. The molecule has 254 valence electrons. The zero-order chi connectivity index (χ0) is 35.8. The van der Waals surface area contributed by atoms with E-state index >= 15 is 0 Å². The highest BCUT2D eigenvalue weighted by Gasteiger charge is 2.22. The van der Waals surface area contributed by atoms with Gasteiger partial charge in [0.15, 0.2) is 0 Å². The van der Waals surface area contributed by atoms with Gasteiger partial charge >= 0.3 is 0 Å². The number of nitrogens with zero attached hydrogens (tertiary/aromatic N) is 1. The monoisotopic (exact) mass is 689 g/mol. The van der Waals surface area contributed by atoms with Crippen LogP contribution in [0.3, 0.4) is 0 Å². The first kappa shape index (κ1) is 31.6. The van der Waals surface area contributed by atoms with Gasteiger partial charge in [-0.2, -0.15) is 0 Å². The zero-order valence-corrected chi connectivity index (χ0v) is 29.6. The molecule has 0 radical (unpaired) electrons. The van der Waals surface area contributed by atoms with Gasteiger partial charge < -0.3 is 9.32 Å². The highest BCUT2D eigenvalue weighted by Crippen LogP contribution is 2.47. The van der Waals surface area contributed by atoms with Crippen LogP contribution in [0.2, 0.25) is 0 Å². The van der Waals surface area contributed by atoms with E-state index in [1.165, 1.54) is 33.2 Å². The van der Waals surface area contributed by atoms with Gasteiger partial charge in [0.1, 0.15) is 11.2 Å². The molecule has 0 aliphatic heterocycles. The first-order valence-corrected chi connectivity index (χ1v) is 18.4. The van der Waals surface area contributed by atoms with E-state index in [0.29, 0.717) is 0 Å². The van der Waals surface area contributed by atoms with E-state index < -0.39 is 0 Å². The van der Waals surface area contributed by atoms with Crippen molar-refractivity contribution in [2.24, 2.45) is 0 Å². The lowest BCUT2D eigenvalue weighted by Gasteiger charge is -2.29. The van der Waals surface area contributed by atoms with Crippen LogP contribution >= 0.6 is 0 Å². The summed E-state index contributed by atoms with van der Waals surface area (Å²) in [6.07, 6.45) is 0. The molecular weight excluding hydrogens is 655 g/mol. The van der Waals surface area contributed by atoms with Gasteiger partial charge in [-0.3, -0.25) is 0 Å². The van der Waals surface area contributed by atoms with E-state index in [9.17, 15) is 0 Å². The van der Waals surface area contributed by atoms with E-state index in [1.807, 2.05) is 0 Å². The van der Waals surface area contributed by atoms with Crippen molar-refractivity contribution in [3.05, 3.63) is 212 Å². The molecule has 0 aliphatic carbocycles. The second kappa shape index (κ2) is 13.4. The van der Waals surface area contributed by atoms with Gasteiger partial charge in [0.05, 0.1) is 5.69 Å². The Balaban J connectivity index is 1.22. The van der Waals surface area contributed by atoms with Crippen LogP contribution in [0.15, 0.2) is 217 Å². The number of benzene rings is 9. The summed E-state index contributed by atoms with van der Waals surface area (Å²) >= 11 is 0. The topological polar surface area (TPSA) is 16.4 Å². The molecule has 0 fully saturated rings. The lowest BCUT2D eigenvalue weighted by molar-refractivity contribution is 0.673. The highest BCUT2D eigenvalue weighted by molar-refractivity contribution is 6.20. The van der Waals surface area contributed by atoms with Gasteiger partial charge in [-0.25, -0.2) is 0 Å². The smallest absolute Gasteiger partial charge is 0.143 e. The minimum atomic E-state index is 0.876. The number of furan rings is 1. The summed E-state index contributed by atoms with van der Waals surface area (Å²) in [7, 11) is 0. The average molecular weight is 690 g/mol. The van der Waals surface area contributed by atoms with Gasteiger partial charge in [0.2, 0.25) is 0 Å². The van der Waals surface area contributed by atoms with Gasteiger partial charge in [-0.15, -0.1) is 0 Å². The third-order valence-electron chi connectivity index (χ3n) is 10.5. The van der Waals surface area contributed by atoms with Gasteiger partial charge in [0.25, 0.3) is 0 Å². The van der Waals surface area contributed by atoms with Crippen molar-refractivity contribution in [3.63, 3.8) is 0 Å². The second-order valence-corrected chi connectivity index (χ2v) is 13.7. The molecule has 0 N–H and O–H groups in total. The Kier molecular flexibility index (Phi) is 7.85. The van der Waals surface area contributed by atoms with Crippen LogP contribution in [-0.4, -0.2) is 0 Å². The minimum Gasteiger partial charge on any atom is -0.455 e. The third kappa shape index (κ3) is 5.62. The standard InChI is InChI=1S/C52H35NO/c1-4-13-36(14-5-1)39-23-29-43(30-24-39)53(44-31-25-40(26-32-44)37-15-6-2-7-16-37)49-34-28-42(38-17-8-3-9-18-38)35-48(49)46-21-12-22-50-51(46)47-33-27-41-19-10-11-20-45(41)52(47)54-50/h1-35H. The van der Waals surface area contributed by atoms with E-state index in [1.54, 1.807) is 0 Å². The van der Waals surface area contributed by atoms with Crippen molar-refractivity contribution >= 4 is 49.8 Å². The molecule has 0 bridgehead atoms. The van der Waals surface area contributed by atoms with Crippen LogP contribution < -0.4 is 4.90 Å². The van der Waals surface area contributed by atoms with E-state index in [-0.39, 0.29) is 0 Å². The number of fused-ring (bicyclic) bond motifs is 5. The fraction of sp³-hybridized carbons (Fsp3) is 0. The lowest BCUT2D eigenvalue weighted by Crippen LogP contribution is -2.11. The van der Waals surface area contributed by atoms with Crippen molar-refractivity contribution in [3.8, 4) is 44.5 Å².